The lowest BCUT2D eigenvalue weighted by Gasteiger charge is -2.39. The van der Waals surface area contributed by atoms with Crippen LogP contribution in [-0.2, 0) is 47.4 Å². The van der Waals surface area contributed by atoms with Gasteiger partial charge in [-0.2, -0.15) is 0 Å². The highest BCUT2D eigenvalue weighted by Crippen LogP contribution is 2.27. The SMILES string of the molecule is C[C@@H](O)C1OC(O)C(O)[C@@H](O)[C@H]1O.NC1C(O)OC(CO)[C@@H](O)[C@@H]1O.NCC1OC(O)C(O)[C@@H](O)[C@H]1O.O=C(O)C1OC(O)C(O)[C@@H](O)[C@H]1O.OC1OC(CBr)[C@H](O)[C@H](O)C1O.OCC1OC(O)C(O)[C@@H](O)[C@@H]1O.OCC1OC(O)[C@@H](O)C(O)[C@H]1O.OCC1O[C@H](O)C(O)[C@@H](O)[C@@H]1O.[N-]=[N+]=NCC1OC(O)C(O)[C@@H](O)[C@@H]1O. The van der Waals surface area contributed by atoms with Gasteiger partial charge in [0.15, 0.2) is 62.7 Å². The van der Waals surface area contributed by atoms with Crippen molar-refractivity contribution in [2.45, 2.75) is 289 Å². The molecule has 9 aliphatic heterocycles. The number of carbonyl (C=O) groups is 1. The van der Waals surface area contributed by atoms with Crippen molar-refractivity contribution in [2.75, 3.05) is 44.8 Å². The molecule has 0 spiro atoms. The second kappa shape index (κ2) is 51.0. The van der Waals surface area contributed by atoms with Gasteiger partial charge in [0.25, 0.3) is 0 Å². The van der Waals surface area contributed by atoms with Gasteiger partial charge >= 0.3 is 5.97 Å². The van der Waals surface area contributed by atoms with Crippen molar-refractivity contribution in [3.05, 3.63) is 10.4 Å². The highest BCUT2D eigenvalue weighted by Gasteiger charge is 2.51. The van der Waals surface area contributed by atoms with Crippen LogP contribution in [0.15, 0.2) is 5.11 Å². The molecule has 666 valence electrons. The molecular formula is C55H108BrN5O51. The molecule has 9 rings (SSSR count). The quantitative estimate of drug-likeness (QED) is 0.0418. The van der Waals surface area contributed by atoms with E-state index in [4.69, 9.17) is 204 Å². The topological polar surface area (TPSA) is 1030 Å². The minimum atomic E-state index is -1.81. The first kappa shape index (κ1) is 107. The predicted molar refractivity (Wildman–Crippen MR) is 347 cm³/mol. The number of alkyl halides is 1. The average molecular weight is 1740 g/mol. The van der Waals surface area contributed by atoms with Crippen molar-refractivity contribution in [3.63, 3.8) is 0 Å². The van der Waals surface area contributed by atoms with Crippen LogP contribution in [0, 0.1) is 0 Å². The molecule has 0 saturated carbocycles. The zero-order chi connectivity index (χ0) is 86.9. The fourth-order valence-corrected chi connectivity index (χ4v) is 10.6. The maximum Gasteiger partial charge on any atom is 0.335 e. The van der Waals surface area contributed by atoms with Crippen molar-refractivity contribution in [1.82, 2.24) is 0 Å². The van der Waals surface area contributed by atoms with Crippen molar-refractivity contribution in [3.8, 4) is 0 Å². The molecule has 26 unspecified atom stereocenters. The molecule has 57 heteroatoms. The lowest BCUT2D eigenvalue weighted by atomic mass is 9.96. The number of hydrogen-bond acceptors (Lipinski definition) is 53. The van der Waals surface area contributed by atoms with Crippen LogP contribution in [0.5, 0.6) is 0 Å². The van der Waals surface area contributed by atoms with E-state index >= 15 is 0 Å². The number of ether oxygens (including phenoxy) is 9. The Morgan fingerprint density at radius 3 is 0.857 bits per heavy atom. The maximum atomic E-state index is 10.4. The summed E-state index contributed by atoms with van der Waals surface area (Å²) in [7, 11) is 0. The third-order valence-electron chi connectivity index (χ3n) is 17.3. The monoisotopic (exact) mass is 1730 g/mol. The number of carboxylic acids is 1. The first-order chi connectivity index (χ1) is 51.9. The van der Waals surface area contributed by atoms with Crippen LogP contribution in [0.3, 0.4) is 0 Å². The van der Waals surface area contributed by atoms with Crippen molar-refractivity contribution >= 4 is 21.9 Å². The predicted octanol–water partition coefficient (Wildman–Crippen LogP) is -25.9. The largest absolute Gasteiger partial charge is 0.479 e. The van der Waals surface area contributed by atoms with Gasteiger partial charge in [0, 0.05) is 16.8 Å². The summed E-state index contributed by atoms with van der Waals surface area (Å²) >= 11 is 3.04. The smallest absolute Gasteiger partial charge is 0.335 e. The molecule has 0 aliphatic carbocycles. The Hall–Kier alpha value is -2.78. The van der Waals surface area contributed by atoms with E-state index in [0.29, 0.717) is 0 Å². The molecule has 0 amide bonds. The number of carboxylic acid groups (broad SMARTS) is 1. The Labute approximate surface area is 638 Å². The Bertz CT molecular complexity index is 2320. The van der Waals surface area contributed by atoms with E-state index in [1.165, 1.54) is 6.92 Å². The number of rotatable bonds is 10. The van der Waals surface area contributed by atoms with Gasteiger partial charge in [-0.25, -0.2) is 4.79 Å². The summed E-state index contributed by atoms with van der Waals surface area (Å²) in [5, 5.41) is 373. The van der Waals surface area contributed by atoms with Crippen LogP contribution in [0.4, 0.5) is 0 Å². The normalized spacial score (nSPS) is 48.1. The lowest BCUT2D eigenvalue weighted by molar-refractivity contribution is -0.295. The van der Waals surface area contributed by atoms with E-state index in [1.54, 1.807) is 0 Å². The summed E-state index contributed by atoms with van der Waals surface area (Å²) in [6, 6.07) is -1.04. The molecule has 9 saturated heterocycles. The summed E-state index contributed by atoms with van der Waals surface area (Å²) < 4.78 is 41.6. The molecule has 0 aromatic carbocycles. The fraction of sp³-hybridized carbons (Fsp3) is 0.982. The van der Waals surface area contributed by atoms with E-state index in [-0.39, 0.29) is 18.4 Å². The maximum absolute atomic E-state index is 10.4. The molecule has 9 heterocycles. The van der Waals surface area contributed by atoms with Gasteiger partial charge in [-0.05, 0) is 12.5 Å². The summed E-state index contributed by atoms with van der Waals surface area (Å²) in [6.07, 6.45) is -62.6. The number of hydrogen-bond donors (Lipinski definition) is 43. The molecule has 9 fully saturated rings. The second-order valence-corrected chi connectivity index (χ2v) is 26.0. The molecule has 46 atom stereocenters. The van der Waals surface area contributed by atoms with Gasteiger partial charge in [-0.1, -0.05) is 21.0 Å². The third kappa shape index (κ3) is 29.9. The van der Waals surface area contributed by atoms with Crippen LogP contribution >= 0.6 is 15.9 Å². The van der Waals surface area contributed by atoms with E-state index < -0.39 is 315 Å². The Balaban J connectivity index is 0.000000630. The lowest BCUT2D eigenvalue weighted by Crippen LogP contribution is -2.61. The van der Waals surface area contributed by atoms with Gasteiger partial charge in [-0.3, -0.25) is 0 Å². The van der Waals surface area contributed by atoms with Gasteiger partial charge < -0.3 is 263 Å². The average Bonchev–Trinajstić information content (AvgIpc) is 0.814. The van der Waals surface area contributed by atoms with Crippen molar-refractivity contribution in [1.29, 1.82) is 0 Å². The fourth-order valence-electron chi connectivity index (χ4n) is 10.1. The Kier molecular flexibility index (Phi) is 48.8. The van der Waals surface area contributed by atoms with Gasteiger partial charge in [0.05, 0.1) is 57.3 Å². The number of aliphatic hydroxyl groups excluding tert-OH is 40. The first-order valence-electron chi connectivity index (χ1n) is 33.0. The Morgan fingerprint density at radius 2 is 0.571 bits per heavy atom. The van der Waals surface area contributed by atoms with Crippen LogP contribution in [0.25, 0.3) is 10.4 Å². The minimum absolute atomic E-state index is 0.0258. The van der Waals surface area contributed by atoms with Crippen LogP contribution in [0.2, 0.25) is 0 Å². The van der Waals surface area contributed by atoms with Crippen molar-refractivity contribution in [2.24, 2.45) is 16.6 Å². The summed E-state index contributed by atoms with van der Waals surface area (Å²) in [4.78, 5) is 12.8. The van der Waals surface area contributed by atoms with Gasteiger partial charge in [0.1, 0.15) is 195 Å². The zero-order valence-electron chi connectivity index (χ0n) is 58.3. The zero-order valence-corrected chi connectivity index (χ0v) is 59.9. The highest BCUT2D eigenvalue weighted by atomic mass is 79.9. The molecule has 56 nitrogen and oxygen atoms in total. The van der Waals surface area contributed by atoms with E-state index in [0.717, 1.165) is 0 Å². The van der Waals surface area contributed by atoms with Gasteiger partial charge in [0.2, 0.25) is 0 Å². The second-order valence-electron chi connectivity index (χ2n) is 25.3. The number of azide groups is 1. The van der Waals surface area contributed by atoms with Crippen LogP contribution < -0.4 is 11.5 Å². The standard InChI is InChI=1S/C7H14O6.C6H11BrO5.C6H11N3O5.2C6H13NO5.C6H10O7.3C6H12O6/c1-2(8)6-4(10)3(9)5(11)7(12)13-6;7-1-2-3(8)4(9)5(10)6(11)12-2;7-9-8-1-2-3(10)4(11)5(12)6(13)14-2;7-3-5(10)4(9)2(1-8)12-6(3)11;7-1-2-3(8)4(9)5(10)6(11)12-2;7-1-2(8)4(5(10)11)13-6(12)3(1)9;3*7-1-2-3(8)4(9)5(10)6(11)12-2/h2-12H,1H3;2-6,8-11H,1H2;2-6,10-13H,1H2;2*2-6,8-11H,1,7H2;1-4,6-9,12H,(H,10,11);3*2-11H,1H2/t2-,3+,4-,5?,6?,7?;2?,3-,4-,5?,6?;2?,3-,4+,5?,6?;2?,3?,4-,5-,6?;2?,3-,4-,5?,6?;1-,2+,3?,4?,6?;2?,3-,4?,5-,6?;2?,3-,4+,5?,6?;2?,3-,4+,5?,6+/m101100011/s1. The van der Waals surface area contributed by atoms with Gasteiger partial charge in [-0.15, -0.1) is 0 Å². The van der Waals surface area contributed by atoms with E-state index in [1.807, 2.05) is 0 Å². The highest BCUT2D eigenvalue weighted by molar-refractivity contribution is 9.09. The molecule has 0 aromatic rings. The van der Waals surface area contributed by atoms with E-state index in [9.17, 15) is 45.6 Å². The summed E-state index contributed by atoms with van der Waals surface area (Å²) in [5.41, 5.74) is 18.5. The van der Waals surface area contributed by atoms with E-state index in [2.05, 4.69) is 49.6 Å². The van der Waals surface area contributed by atoms with Crippen molar-refractivity contribution < 1.29 is 257 Å². The number of nitrogens with two attached hydrogens (primary N) is 2. The number of halogens is 1. The Morgan fingerprint density at radius 1 is 0.339 bits per heavy atom. The number of aliphatic hydroxyl groups is 40. The van der Waals surface area contributed by atoms with Crippen LogP contribution in [-0.4, -0.2) is 543 Å². The molecular weight excluding hydrogens is 1630 g/mol. The molecule has 112 heavy (non-hydrogen) atoms. The molecule has 0 aromatic heterocycles. The molecule has 0 radical (unpaired) electrons. The molecule has 9 aliphatic rings. The minimum Gasteiger partial charge on any atom is -0.479 e. The van der Waals surface area contributed by atoms with Crippen LogP contribution in [0.1, 0.15) is 6.92 Å². The molecule has 45 N–H and O–H groups in total. The summed E-state index contributed by atoms with van der Waals surface area (Å²) in [5.74, 6) is -1.52. The third-order valence-corrected chi connectivity index (χ3v) is 17.9. The number of nitrogens with zero attached hydrogens (tertiary/aromatic N) is 3. The summed E-state index contributed by atoms with van der Waals surface area (Å²) in [6.45, 7) is -0.945. The molecule has 0 bridgehead atoms. The first-order valence-corrected chi connectivity index (χ1v) is 34.1. The number of aliphatic carboxylic acids is 1.